The van der Waals surface area contributed by atoms with Crippen LogP contribution in [-0.2, 0) is 19.2 Å². The summed E-state index contributed by atoms with van der Waals surface area (Å²) in [5.41, 5.74) is -1.79. The average molecular weight is 287 g/mol. The minimum atomic E-state index is -1.79. The van der Waals surface area contributed by atoms with Crippen molar-refractivity contribution < 1.29 is 39.6 Å². The topological polar surface area (TPSA) is 161 Å². The molecular formula is C11H13NO8. The second-order valence-electron chi connectivity index (χ2n) is 5.22. The first-order chi connectivity index (χ1) is 9.20. The van der Waals surface area contributed by atoms with E-state index in [1.807, 2.05) is 0 Å². The molecule has 0 radical (unpaired) electrons. The van der Waals surface area contributed by atoms with E-state index in [1.165, 1.54) is 0 Å². The van der Waals surface area contributed by atoms with Gasteiger partial charge in [-0.2, -0.15) is 0 Å². The molecular weight excluding hydrogens is 274 g/mol. The summed E-state index contributed by atoms with van der Waals surface area (Å²) in [5, 5.41) is 39.1. The van der Waals surface area contributed by atoms with E-state index >= 15 is 0 Å². The summed E-state index contributed by atoms with van der Waals surface area (Å²) in [6, 6.07) is -2.48. The first-order valence-electron chi connectivity index (χ1n) is 5.88. The Morgan fingerprint density at radius 1 is 0.900 bits per heavy atom. The average Bonchev–Trinajstić information content (AvgIpc) is 2.63. The van der Waals surface area contributed by atoms with E-state index in [1.54, 1.807) is 0 Å². The number of rotatable bonds is 4. The lowest BCUT2D eigenvalue weighted by atomic mass is 9.63. The first kappa shape index (κ1) is 14.3. The summed E-state index contributed by atoms with van der Waals surface area (Å²) in [5.74, 6) is -8.43. The molecule has 2 fully saturated rings. The lowest BCUT2D eigenvalue weighted by Gasteiger charge is -2.36. The Kier molecular flexibility index (Phi) is 3.17. The highest BCUT2D eigenvalue weighted by Gasteiger charge is 2.65. The Morgan fingerprint density at radius 2 is 1.50 bits per heavy atom. The van der Waals surface area contributed by atoms with Crippen LogP contribution in [0.25, 0.3) is 0 Å². The van der Waals surface area contributed by atoms with E-state index in [4.69, 9.17) is 15.3 Å². The van der Waals surface area contributed by atoms with Crippen LogP contribution >= 0.6 is 0 Å². The maximum Gasteiger partial charge on any atom is 0.321 e. The molecule has 110 valence electrons. The van der Waals surface area contributed by atoms with E-state index in [-0.39, 0.29) is 6.42 Å². The molecule has 9 nitrogen and oxygen atoms in total. The minimum absolute atomic E-state index is 0.208. The quantitative estimate of drug-likeness (QED) is 0.422. The molecule has 2 rings (SSSR count). The standard InChI is InChI=1S/C11H13NO8/c13-7(14)3-1-11(10(19)20)2-4(5(3)8(15)16)12-6(11)9(17)18/h3-6,12H,1-2H2,(H,13,14)(H,15,16)(H,17,18)(H,19,20). The summed E-state index contributed by atoms with van der Waals surface area (Å²) in [6.45, 7) is 0. The Balaban J connectivity index is 2.49. The van der Waals surface area contributed by atoms with Crippen molar-refractivity contribution in [3.05, 3.63) is 0 Å². The van der Waals surface area contributed by atoms with Crippen LogP contribution in [0.15, 0.2) is 0 Å². The van der Waals surface area contributed by atoms with Gasteiger partial charge in [-0.05, 0) is 12.8 Å². The van der Waals surface area contributed by atoms with Crippen LogP contribution in [0.2, 0.25) is 0 Å². The smallest absolute Gasteiger partial charge is 0.321 e. The van der Waals surface area contributed by atoms with Gasteiger partial charge in [0.1, 0.15) is 6.04 Å². The van der Waals surface area contributed by atoms with Crippen LogP contribution < -0.4 is 5.32 Å². The summed E-state index contributed by atoms with van der Waals surface area (Å²) in [6.07, 6.45) is -0.727. The second-order valence-corrected chi connectivity index (χ2v) is 5.22. The van der Waals surface area contributed by atoms with Crippen molar-refractivity contribution in [2.24, 2.45) is 17.3 Å². The molecule has 1 saturated carbocycles. The summed E-state index contributed by atoms with van der Waals surface area (Å²) < 4.78 is 0. The van der Waals surface area contributed by atoms with Crippen LogP contribution in [0.1, 0.15) is 12.8 Å². The molecule has 1 saturated heterocycles. The van der Waals surface area contributed by atoms with Crippen molar-refractivity contribution in [3.63, 3.8) is 0 Å². The molecule has 0 aromatic rings. The normalized spacial score (nSPS) is 39.2. The molecule has 2 bridgehead atoms. The zero-order valence-corrected chi connectivity index (χ0v) is 10.1. The number of carbonyl (C=O) groups is 4. The van der Waals surface area contributed by atoms with E-state index in [9.17, 15) is 24.3 Å². The number of hydrogen-bond acceptors (Lipinski definition) is 5. The van der Waals surface area contributed by atoms with Crippen LogP contribution in [0.5, 0.6) is 0 Å². The number of carboxylic acids is 4. The molecule has 5 unspecified atom stereocenters. The van der Waals surface area contributed by atoms with Gasteiger partial charge in [-0.25, -0.2) is 0 Å². The maximum absolute atomic E-state index is 11.4. The SMILES string of the molecule is O=C(O)C1CC2(C(=O)O)CC(NC2C(=O)O)C1C(=O)O. The van der Waals surface area contributed by atoms with Gasteiger partial charge in [0.05, 0.1) is 17.3 Å². The highest BCUT2D eigenvalue weighted by molar-refractivity contribution is 5.90. The van der Waals surface area contributed by atoms with Crippen molar-refractivity contribution >= 4 is 23.9 Å². The molecule has 1 heterocycles. The van der Waals surface area contributed by atoms with Gasteiger partial charge in [-0.1, -0.05) is 0 Å². The predicted octanol–water partition coefficient (Wildman–Crippen LogP) is -1.32. The van der Waals surface area contributed by atoms with Crippen molar-refractivity contribution in [1.82, 2.24) is 5.32 Å². The molecule has 5 atom stereocenters. The Hall–Kier alpha value is -2.16. The van der Waals surface area contributed by atoms with Gasteiger partial charge < -0.3 is 20.4 Å². The Bertz CT molecular complexity index is 491. The summed E-state index contributed by atoms with van der Waals surface area (Å²) in [7, 11) is 0. The van der Waals surface area contributed by atoms with Crippen LogP contribution in [0, 0.1) is 17.3 Å². The molecule has 0 spiro atoms. The summed E-state index contributed by atoms with van der Waals surface area (Å²) >= 11 is 0. The molecule has 9 heteroatoms. The van der Waals surface area contributed by atoms with Gasteiger partial charge >= 0.3 is 23.9 Å². The number of nitrogens with one attached hydrogen (secondary N) is 1. The zero-order valence-electron chi connectivity index (χ0n) is 10.1. The van der Waals surface area contributed by atoms with Crippen molar-refractivity contribution in [2.75, 3.05) is 0 Å². The monoisotopic (exact) mass is 287 g/mol. The third-order valence-electron chi connectivity index (χ3n) is 4.24. The fraction of sp³-hybridized carbons (Fsp3) is 0.636. The Morgan fingerprint density at radius 3 is 1.90 bits per heavy atom. The number of carboxylic acid groups (broad SMARTS) is 4. The summed E-state index contributed by atoms with van der Waals surface area (Å²) in [4.78, 5) is 45.0. The van der Waals surface area contributed by atoms with Gasteiger partial charge in [0, 0.05) is 6.04 Å². The molecule has 0 amide bonds. The molecule has 1 aliphatic carbocycles. The second kappa shape index (κ2) is 4.44. The third-order valence-corrected chi connectivity index (χ3v) is 4.24. The number of aliphatic carboxylic acids is 4. The predicted molar refractivity (Wildman–Crippen MR) is 59.9 cm³/mol. The van der Waals surface area contributed by atoms with E-state index in [2.05, 4.69) is 5.32 Å². The first-order valence-corrected chi connectivity index (χ1v) is 5.88. The van der Waals surface area contributed by atoms with Crippen molar-refractivity contribution in [1.29, 1.82) is 0 Å². The Labute approximate surface area is 112 Å². The highest BCUT2D eigenvalue weighted by atomic mass is 16.4. The van der Waals surface area contributed by atoms with Crippen molar-refractivity contribution in [3.8, 4) is 0 Å². The van der Waals surface area contributed by atoms with Gasteiger partial charge in [-0.3, -0.25) is 24.5 Å². The fourth-order valence-electron chi connectivity index (χ4n) is 3.37. The highest BCUT2D eigenvalue weighted by Crippen LogP contribution is 2.50. The lowest BCUT2D eigenvalue weighted by molar-refractivity contribution is -0.166. The molecule has 0 aromatic carbocycles. The molecule has 2 aliphatic rings. The zero-order chi connectivity index (χ0) is 15.2. The lowest BCUT2D eigenvalue weighted by Crippen LogP contribution is -2.50. The third kappa shape index (κ3) is 1.82. The molecule has 20 heavy (non-hydrogen) atoms. The van der Waals surface area contributed by atoms with E-state index in [0.717, 1.165) is 0 Å². The molecule has 0 aromatic heterocycles. The van der Waals surface area contributed by atoms with Crippen LogP contribution in [0.3, 0.4) is 0 Å². The molecule has 1 aliphatic heterocycles. The largest absolute Gasteiger partial charge is 0.481 e. The van der Waals surface area contributed by atoms with Crippen LogP contribution in [0.4, 0.5) is 0 Å². The van der Waals surface area contributed by atoms with E-state index < -0.39 is 59.6 Å². The number of fused-ring (bicyclic) bond motifs is 2. The van der Waals surface area contributed by atoms with Gasteiger partial charge in [0.2, 0.25) is 0 Å². The van der Waals surface area contributed by atoms with Crippen LogP contribution in [-0.4, -0.2) is 56.4 Å². The number of hydrogen-bond donors (Lipinski definition) is 5. The van der Waals surface area contributed by atoms with Gasteiger partial charge in [0.15, 0.2) is 0 Å². The maximum atomic E-state index is 11.4. The minimum Gasteiger partial charge on any atom is -0.481 e. The molecule has 5 N–H and O–H groups in total. The van der Waals surface area contributed by atoms with Gasteiger partial charge in [0.25, 0.3) is 0 Å². The van der Waals surface area contributed by atoms with E-state index in [0.29, 0.717) is 0 Å². The fourth-order valence-corrected chi connectivity index (χ4v) is 3.37. The van der Waals surface area contributed by atoms with Gasteiger partial charge in [-0.15, -0.1) is 0 Å². The van der Waals surface area contributed by atoms with Crippen molar-refractivity contribution in [2.45, 2.75) is 24.9 Å².